The van der Waals surface area contributed by atoms with Crippen LogP contribution in [-0.4, -0.2) is 37.0 Å². The van der Waals surface area contributed by atoms with Gasteiger partial charge in [-0.3, -0.25) is 4.79 Å². The number of rotatable bonds is 3. The molecule has 1 aliphatic rings. The average Bonchev–Trinajstić information content (AvgIpc) is 2.40. The van der Waals surface area contributed by atoms with Gasteiger partial charge in [-0.1, -0.05) is 38.1 Å². The molecule has 18 heavy (non-hydrogen) atoms. The molecule has 0 unspecified atom stereocenters. The van der Waals surface area contributed by atoms with Crippen molar-refractivity contribution >= 4 is 5.91 Å². The minimum absolute atomic E-state index is 0.244. The summed E-state index contributed by atoms with van der Waals surface area (Å²) in [7, 11) is 0. The molecule has 3 nitrogen and oxygen atoms in total. The number of hydrogen-bond donors (Lipinski definition) is 1. The number of nitrogens with one attached hydrogen (secondary N) is 1. The van der Waals surface area contributed by atoms with Crippen molar-refractivity contribution in [2.24, 2.45) is 0 Å². The molecule has 1 amide bonds. The summed E-state index contributed by atoms with van der Waals surface area (Å²) in [6.07, 6.45) is 0.526. The molecule has 1 aromatic carbocycles. The Morgan fingerprint density at radius 2 is 1.83 bits per heavy atom. The van der Waals surface area contributed by atoms with Gasteiger partial charge < -0.3 is 10.2 Å². The van der Waals surface area contributed by atoms with E-state index in [9.17, 15) is 4.79 Å². The van der Waals surface area contributed by atoms with Crippen LogP contribution < -0.4 is 5.32 Å². The van der Waals surface area contributed by atoms with E-state index in [1.54, 1.807) is 0 Å². The van der Waals surface area contributed by atoms with Gasteiger partial charge in [0, 0.05) is 26.2 Å². The van der Waals surface area contributed by atoms with Gasteiger partial charge in [-0.25, -0.2) is 0 Å². The van der Waals surface area contributed by atoms with Crippen LogP contribution in [0.25, 0.3) is 0 Å². The molecule has 0 aromatic heterocycles. The Kier molecular flexibility index (Phi) is 4.37. The summed E-state index contributed by atoms with van der Waals surface area (Å²) in [5, 5.41) is 3.26. The summed E-state index contributed by atoms with van der Waals surface area (Å²) < 4.78 is 0. The van der Waals surface area contributed by atoms with Crippen LogP contribution in [0.2, 0.25) is 0 Å². The Labute approximate surface area is 109 Å². The molecule has 1 aromatic rings. The molecule has 1 saturated heterocycles. The topological polar surface area (TPSA) is 32.3 Å². The predicted octanol–water partition coefficient (Wildman–Crippen LogP) is 1.78. The van der Waals surface area contributed by atoms with Gasteiger partial charge in [0.05, 0.1) is 6.42 Å². The molecule has 0 spiro atoms. The van der Waals surface area contributed by atoms with Gasteiger partial charge in [-0.05, 0) is 17.0 Å². The molecule has 0 radical (unpaired) electrons. The van der Waals surface area contributed by atoms with Crippen molar-refractivity contribution in [3.05, 3.63) is 35.4 Å². The molecule has 0 aliphatic carbocycles. The first-order chi connectivity index (χ1) is 8.66. The minimum atomic E-state index is 0.244. The zero-order valence-electron chi connectivity index (χ0n) is 11.3. The van der Waals surface area contributed by atoms with E-state index in [1.807, 2.05) is 4.90 Å². The minimum Gasteiger partial charge on any atom is -0.340 e. The number of carbonyl (C=O) groups is 1. The van der Waals surface area contributed by atoms with Gasteiger partial charge in [-0.2, -0.15) is 0 Å². The van der Waals surface area contributed by atoms with E-state index in [0.29, 0.717) is 12.3 Å². The first kappa shape index (κ1) is 13.1. The second-order valence-electron chi connectivity index (χ2n) is 5.20. The van der Waals surface area contributed by atoms with Crippen molar-refractivity contribution in [2.75, 3.05) is 26.2 Å². The first-order valence-electron chi connectivity index (χ1n) is 6.74. The largest absolute Gasteiger partial charge is 0.340 e. The lowest BCUT2D eigenvalue weighted by molar-refractivity contribution is -0.131. The van der Waals surface area contributed by atoms with Crippen LogP contribution in [0.5, 0.6) is 0 Å². The molecule has 98 valence electrons. The maximum atomic E-state index is 12.1. The van der Waals surface area contributed by atoms with Crippen molar-refractivity contribution in [3.8, 4) is 0 Å². The van der Waals surface area contributed by atoms with E-state index in [0.717, 1.165) is 31.7 Å². The van der Waals surface area contributed by atoms with E-state index >= 15 is 0 Å². The molecular formula is C15H22N2O. The summed E-state index contributed by atoms with van der Waals surface area (Å²) in [5.41, 5.74) is 2.44. The highest BCUT2D eigenvalue weighted by Gasteiger charge is 2.16. The van der Waals surface area contributed by atoms with E-state index in [2.05, 4.69) is 43.4 Å². The normalized spacial score (nSPS) is 16.1. The van der Waals surface area contributed by atoms with Crippen LogP contribution in [0.3, 0.4) is 0 Å². The zero-order valence-corrected chi connectivity index (χ0v) is 11.3. The first-order valence-corrected chi connectivity index (χ1v) is 6.74. The number of hydrogen-bond acceptors (Lipinski definition) is 2. The Balaban J connectivity index is 1.94. The second-order valence-corrected chi connectivity index (χ2v) is 5.20. The van der Waals surface area contributed by atoms with Crippen LogP contribution in [0, 0.1) is 0 Å². The van der Waals surface area contributed by atoms with Gasteiger partial charge >= 0.3 is 0 Å². The quantitative estimate of drug-likeness (QED) is 0.882. The summed E-state index contributed by atoms with van der Waals surface area (Å²) in [5.74, 6) is 0.789. The molecule has 2 rings (SSSR count). The molecule has 1 N–H and O–H groups in total. The van der Waals surface area contributed by atoms with Crippen LogP contribution in [0.4, 0.5) is 0 Å². The Morgan fingerprint density at radius 3 is 2.39 bits per heavy atom. The number of nitrogens with zero attached hydrogens (tertiary/aromatic N) is 1. The van der Waals surface area contributed by atoms with Crippen molar-refractivity contribution in [1.82, 2.24) is 10.2 Å². The molecule has 1 aliphatic heterocycles. The molecule has 3 heteroatoms. The highest BCUT2D eigenvalue weighted by Crippen LogP contribution is 2.15. The van der Waals surface area contributed by atoms with E-state index in [1.165, 1.54) is 5.56 Å². The maximum absolute atomic E-state index is 12.1. The maximum Gasteiger partial charge on any atom is 0.227 e. The molecular weight excluding hydrogens is 224 g/mol. The molecule has 1 fully saturated rings. The predicted molar refractivity (Wildman–Crippen MR) is 73.7 cm³/mol. The zero-order chi connectivity index (χ0) is 13.0. The van der Waals surface area contributed by atoms with Crippen molar-refractivity contribution in [2.45, 2.75) is 26.2 Å². The van der Waals surface area contributed by atoms with E-state index < -0.39 is 0 Å². The van der Waals surface area contributed by atoms with Crippen molar-refractivity contribution < 1.29 is 4.79 Å². The van der Waals surface area contributed by atoms with Gasteiger partial charge in [0.1, 0.15) is 0 Å². The smallest absolute Gasteiger partial charge is 0.227 e. The highest BCUT2D eigenvalue weighted by atomic mass is 16.2. The number of carbonyl (C=O) groups excluding carboxylic acids is 1. The fourth-order valence-electron chi connectivity index (χ4n) is 2.22. The second kappa shape index (κ2) is 6.01. The summed E-state index contributed by atoms with van der Waals surface area (Å²) in [6.45, 7) is 7.86. The molecule has 0 atom stereocenters. The lowest BCUT2D eigenvalue weighted by Crippen LogP contribution is -2.46. The lowest BCUT2D eigenvalue weighted by atomic mass is 10.0. The van der Waals surface area contributed by atoms with Crippen molar-refractivity contribution in [3.63, 3.8) is 0 Å². The molecule has 0 bridgehead atoms. The van der Waals surface area contributed by atoms with Crippen LogP contribution in [0.1, 0.15) is 30.9 Å². The van der Waals surface area contributed by atoms with Gasteiger partial charge in [0.2, 0.25) is 5.91 Å². The Hall–Kier alpha value is -1.35. The Morgan fingerprint density at radius 1 is 1.22 bits per heavy atom. The average molecular weight is 246 g/mol. The van der Waals surface area contributed by atoms with E-state index in [-0.39, 0.29) is 5.91 Å². The van der Waals surface area contributed by atoms with Crippen LogP contribution >= 0.6 is 0 Å². The molecule has 1 heterocycles. The van der Waals surface area contributed by atoms with Crippen molar-refractivity contribution in [1.29, 1.82) is 0 Å². The lowest BCUT2D eigenvalue weighted by Gasteiger charge is -2.27. The summed E-state index contributed by atoms with van der Waals surface area (Å²) in [4.78, 5) is 14.0. The standard InChI is InChI=1S/C15H22N2O/c1-12(2)14-5-3-13(4-6-14)11-15(18)17-9-7-16-8-10-17/h3-6,12,16H,7-11H2,1-2H3. The van der Waals surface area contributed by atoms with Crippen LogP contribution in [-0.2, 0) is 11.2 Å². The summed E-state index contributed by atoms with van der Waals surface area (Å²) >= 11 is 0. The number of amides is 1. The SMILES string of the molecule is CC(C)c1ccc(CC(=O)N2CCNCC2)cc1. The highest BCUT2D eigenvalue weighted by molar-refractivity contribution is 5.78. The van der Waals surface area contributed by atoms with E-state index in [4.69, 9.17) is 0 Å². The van der Waals surface area contributed by atoms with Gasteiger partial charge in [-0.15, -0.1) is 0 Å². The van der Waals surface area contributed by atoms with Crippen LogP contribution in [0.15, 0.2) is 24.3 Å². The Bertz CT molecular complexity index is 391. The summed E-state index contributed by atoms with van der Waals surface area (Å²) in [6, 6.07) is 8.42. The van der Waals surface area contributed by atoms with Gasteiger partial charge in [0.25, 0.3) is 0 Å². The third kappa shape index (κ3) is 3.33. The third-order valence-corrected chi connectivity index (χ3v) is 3.47. The fourth-order valence-corrected chi connectivity index (χ4v) is 2.22. The third-order valence-electron chi connectivity index (χ3n) is 3.47. The monoisotopic (exact) mass is 246 g/mol. The number of benzene rings is 1. The fraction of sp³-hybridized carbons (Fsp3) is 0.533. The molecule has 0 saturated carbocycles. The van der Waals surface area contributed by atoms with Gasteiger partial charge in [0.15, 0.2) is 0 Å². The number of piperazine rings is 1.